The average molecular weight is 466 g/mol. The maximum atomic E-state index is 13.3. The minimum absolute atomic E-state index is 0.214. The van der Waals surface area contributed by atoms with Crippen LogP contribution < -0.4 is 19.7 Å². The van der Waals surface area contributed by atoms with Crippen LogP contribution in [0.4, 0.5) is 21.9 Å². The minimum Gasteiger partial charge on any atom is -0.497 e. The number of ether oxygens (including phenoxy) is 1. The van der Waals surface area contributed by atoms with E-state index in [1.807, 2.05) is 38.1 Å². The predicted molar refractivity (Wildman–Crippen MR) is 131 cm³/mol. The number of amides is 2. The van der Waals surface area contributed by atoms with Crippen LogP contribution in [-0.4, -0.2) is 28.1 Å². The highest BCUT2D eigenvalue weighted by atomic mass is 32.2. The van der Waals surface area contributed by atoms with Gasteiger partial charge in [-0.25, -0.2) is 13.2 Å². The smallest absolute Gasteiger partial charge is 0.323 e. The van der Waals surface area contributed by atoms with E-state index in [4.69, 9.17) is 4.74 Å². The maximum absolute atomic E-state index is 13.3. The second-order valence-corrected chi connectivity index (χ2v) is 9.94. The van der Waals surface area contributed by atoms with E-state index in [9.17, 15) is 13.2 Å². The van der Waals surface area contributed by atoms with Crippen LogP contribution in [0, 0.1) is 13.8 Å². The Balaban J connectivity index is 1.52. The Kier molecular flexibility index (Phi) is 6.29. The van der Waals surface area contributed by atoms with Crippen LogP contribution in [-0.2, 0) is 16.4 Å². The summed E-state index contributed by atoms with van der Waals surface area (Å²) in [6.45, 7) is 4.42. The lowest BCUT2D eigenvalue weighted by Crippen LogP contribution is -2.35. The van der Waals surface area contributed by atoms with Gasteiger partial charge in [0.1, 0.15) is 5.75 Å². The highest BCUT2D eigenvalue weighted by Gasteiger charge is 2.29. The minimum atomic E-state index is -3.71. The lowest BCUT2D eigenvalue weighted by molar-refractivity contribution is 0.262. The summed E-state index contributed by atoms with van der Waals surface area (Å²) in [6.07, 6.45) is 1.43. The first-order chi connectivity index (χ1) is 15.8. The zero-order chi connectivity index (χ0) is 23.6. The predicted octanol–water partition coefficient (Wildman–Crippen LogP) is 5.10. The molecule has 2 N–H and O–H groups in total. The fourth-order valence-electron chi connectivity index (χ4n) is 3.88. The Morgan fingerprint density at radius 3 is 2.24 bits per heavy atom. The summed E-state index contributed by atoms with van der Waals surface area (Å²) in [5.74, 6) is 0.600. The van der Waals surface area contributed by atoms with Crippen molar-refractivity contribution in [3.8, 4) is 5.75 Å². The van der Waals surface area contributed by atoms with E-state index >= 15 is 0 Å². The van der Waals surface area contributed by atoms with Gasteiger partial charge in [-0.15, -0.1) is 0 Å². The third-order valence-corrected chi connectivity index (χ3v) is 7.65. The van der Waals surface area contributed by atoms with Gasteiger partial charge in [-0.3, -0.25) is 4.31 Å². The lowest BCUT2D eigenvalue weighted by Gasteiger charge is -2.31. The first-order valence-electron chi connectivity index (χ1n) is 10.7. The summed E-state index contributed by atoms with van der Waals surface area (Å²) in [4.78, 5) is 12.7. The topological polar surface area (TPSA) is 87.7 Å². The Bertz CT molecular complexity index is 1290. The monoisotopic (exact) mass is 465 g/mol. The molecule has 0 atom stereocenters. The summed E-state index contributed by atoms with van der Waals surface area (Å²) in [6, 6.07) is 17.1. The molecule has 1 aliphatic rings. The number of aryl methyl sites for hydroxylation is 3. The molecule has 8 heteroatoms. The molecular formula is C25H27N3O4S. The number of benzene rings is 3. The number of methoxy groups -OCH3 is 1. The fourth-order valence-corrected chi connectivity index (χ4v) is 5.42. The van der Waals surface area contributed by atoms with Crippen molar-refractivity contribution in [2.45, 2.75) is 31.6 Å². The van der Waals surface area contributed by atoms with Gasteiger partial charge in [-0.1, -0.05) is 6.07 Å². The average Bonchev–Trinajstić information content (AvgIpc) is 2.81. The number of carbonyl (C=O) groups excluding carboxylic acids is 1. The van der Waals surface area contributed by atoms with Gasteiger partial charge in [-0.2, -0.15) is 0 Å². The van der Waals surface area contributed by atoms with Crippen molar-refractivity contribution < 1.29 is 17.9 Å². The third kappa shape index (κ3) is 4.80. The van der Waals surface area contributed by atoms with E-state index in [0.29, 0.717) is 35.8 Å². The first kappa shape index (κ1) is 22.7. The number of urea groups is 1. The molecule has 172 valence electrons. The van der Waals surface area contributed by atoms with Crippen molar-refractivity contribution in [3.63, 3.8) is 0 Å². The Morgan fingerprint density at radius 2 is 1.58 bits per heavy atom. The first-order valence-corrected chi connectivity index (χ1v) is 12.2. The zero-order valence-corrected chi connectivity index (χ0v) is 19.7. The maximum Gasteiger partial charge on any atom is 0.323 e. The van der Waals surface area contributed by atoms with Gasteiger partial charge in [0, 0.05) is 17.9 Å². The summed E-state index contributed by atoms with van der Waals surface area (Å²) in [7, 11) is -2.17. The molecule has 3 aromatic carbocycles. The number of rotatable bonds is 5. The molecule has 0 unspecified atom stereocenters. The van der Waals surface area contributed by atoms with Crippen molar-refractivity contribution in [3.05, 3.63) is 77.4 Å². The van der Waals surface area contributed by atoms with Crippen molar-refractivity contribution >= 4 is 33.1 Å². The molecule has 1 heterocycles. The number of carbonyl (C=O) groups is 1. The van der Waals surface area contributed by atoms with E-state index in [2.05, 4.69) is 10.6 Å². The number of nitrogens with zero attached hydrogens (tertiary/aromatic N) is 1. The molecule has 0 aromatic heterocycles. The SMILES string of the molecule is COc1ccc(S(=O)(=O)N2CCCc3cc(NC(=O)Nc4ccc(C)c(C)c4)ccc32)cc1. The van der Waals surface area contributed by atoms with Gasteiger partial charge < -0.3 is 15.4 Å². The Hall–Kier alpha value is -3.52. The second kappa shape index (κ2) is 9.15. The van der Waals surface area contributed by atoms with Gasteiger partial charge in [0.15, 0.2) is 0 Å². The van der Waals surface area contributed by atoms with Crippen LogP contribution in [0.1, 0.15) is 23.1 Å². The van der Waals surface area contributed by atoms with Crippen molar-refractivity contribution in [2.75, 3.05) is 28.6 Å². The molecule has 2 amide bonds. The zero-order valence-electron chi connectivity index (χ0n) is 18.9. The van der Waals surface area contributed by atoms with E-state index < -0.39 is 10.0 Å². The summed E-state index contributed by atoms with van der Waals surface area (Å²) in [5, 5.41) is 5.68. The molecule has 0 saturated heterocycles. The summed E-state index contributed by atoms with van der Waals surface area (Å²) < 4.78 is 33.1. The molecule has 0 fully saturated rings. The molecule has 1 aliphatic heterocycles. The van der Waals surface area contributed by atoms with Crippen molar-refractivity contribution in [1.29, 1.82) is 0 Å². The lowest BCUT2D eigenvalue weighted by atomic mass is 10.0. The molecule has 7 nitrogen and oxygen atoms in total. The number of hydrogen-bond donors (Lipinski definition) is 2. The van der Waals surface area contributed by atoms with Gasteiger partial charge in [0.05, 0.1) is 17.7 Å². The summed E-state index contributed by atoms with van der Waals surface area (Å²) in [5.41, 5.74) is 5.09. The van der Waals surface area contributed by atoms with E-state index in [0.717, 1.165) is 23.1 Å². The third-order valence-electron chi connectivity index (χ3n) is 5.83. The van der Waals surface area contributed by atoms with E-state index in [1.54, 1.807) is 36.4 Å². The Morgan fingerprint density at radius 1 is 0.909 bits per heavy atom. The van der Waals surface area contributed by atoms with Crippen LogP contribution in [0.2, 0.25) is 0 Å². The number of sulfonamides is 1. The van der Waals surface area contributed by atoms with Crippen LogP contribution in [0.25, 0.3) is 0 Å². The molecular weight excluding hydrogens is 438 g/mol. The molecule has 0 spiro atoms. The van der Waals surface area contributed by atoms with E-state index in [-0.39, 0.29) is 10.9 Å². The number of nitrogens with one attached hydrogen (secondary N) is 2. The number of anilines is 3. The molecule has 3 aromatic rings. The van der Waals surface area contributed by atoms with Gasteiger partial charge >= 0.3 is 6.03 Å². The largest absolute Gasteiger partial charge is 0.497 e. The highest BCUT2D eigenvalue weighted by Crippen LogP contribution is 2.34. The van der Waals surface area contributed by atoms with Gasteiger partial charge in [0.2, 0.25) is 0 Å². The quantitative estimate of drug-likeness (QED) is 0.549. The standard InChI is InChI=1S/C25H27N3O4S/c1-17-6-7-20(15-18(17)2)26-25(29)27-21-8-13-24-19(16-21)5-4-14-28(24)33(30,31)23-11-9-22(32-3)10-12-23/h6-13,15-16H,4-5,14H2,1-3H3,(H2,26,27,29). The van der Waals surface area contributed by atoms with Crippen molar-refractivity contribution in [1.82, 2.24) is 0 Å². The summed E-state index contributed by atoms with van der Waals surface area (Å²) >= 11 is 0. The Labute approximate surface area is 194 Å². The fraction of sp³-hybridized carbons (Fsp3) is 0.240. The normalized spacial score (nSPS) is 13.2. The van der Waals surface area contributed by atoms with Crippen LogP contribution in [0.15, 0.2) is 65.6 Å². The van der Waals surface area contributed by atoms with Gasteiger partial charge in [0.25, 0.3) is 10.0 Å². The van der Waals surface area contributed by atoms with Crippen molar-refractivity contribution in [2.24, 2.45) is 0 Å². The molecule has 0 aliphatic carbocycles. The van der Waals surface area contributed by atoms with E-state index in [1.165, 1.54) is 11.4 Å². The van der Waals surface area contributed by atoms with Gasteiger partial charge in [-0.05, 0) is 98.0 Å². The molecule has 0 bridgehead atoms. The van der Waals surface area contributed by atoms with Crippen LogP contribution in [0.5, 0.6) is 5.75 Å². The molecule has 0 saturated carbocycles. The second-order valence-electron chi connectivity index (χ2n) is 8.08. The van der Waals surface area contributed by atoms with Crippen LogP contribution >= 0.6 is 0 Å². The highest BCUT2D eigenvalue weighted by molar-refractivity contribution is 7.92. The number of hydrogen-bond acceptors (Lipinski definition) is 4. The molecule has 4 rings (SSSR count). The molecule has 0 radical (unpaired) electrons. The van der Waals surface area contributed by atoms with Crippen LogP contribution in [0.3, 0.4) is 0 Å². The molecule has 33 heavy (non-hydrogen) atoms. The number of fused-ring (bicyclic) bond motifs is 1.